The van der Waals surface area contributed by atoms with E-state index in [-0.39, 0.29) is 6.42 Å². The van der Waals surface area contributed by atoms with Gasteiger partial charge in [0.05, 0.1) is 20.6 Å². The van der Waals surface area contributed by atoms with Gasteiger partial charge in [-0.25, -0.2) is 4.79 Å². The molecule has 0 aromatic heterocycles. The lowest BCUT2D eigenvalue weighted by atomic mass is 10.1. The maximum atomic E-state index is 12.0. The monoisotopic (exact) mass is 402 g/mol. The number of rotatable bonds is 6. The zero-order valence-corrected chi connectivity index (χ0v) is 15.4. The van der Waals surface area contributed by atoms with E-state index in [1.807, 2.05) is 5.32 Å². The molecule has 0 aliphatic rings. The first-order valence-electron chi connectivity index (χ1n) is 6.94. The Bertz CT molecular complexity index is 635. The number of benzene rings is 1. The van der Waals surface area contributed by atoms with Crippen molar-refractivity contribution in [2.24, 2.45) is 0 Å². The van der Waals surface area contributed by atoms with Crippen molar-refractivity contribution in [2.45, 2.75) is 19.4 Å². The van der Waals surface area contributed by atoms with Crippen LogP contribution in [0, 0.1) is 0 Å². The molecule has 3 amide bonds. The molecule has 0 saturated carbocycles. The summed E-state index contributed by atoms with van der Waals surface area (Å²) in [5.74, 6) is -0.356. The Morgan fingerprint density at radius 3 is 2.29 bits per heavy atom. The van der Waals surface area contributed by atoms with Crippen molar-refractivity contribution in [1.82, 2.24) is 10.6 Å². The second-order valence-electron chi connectivity index (χ2n) is 4.68. The van der Waals surface area contributed by atoms with Gasteiger partial charge in [-0.05, 0) is 24.6 Å². The van der Waals surface area contributed by atoms with E-state index in [1.165, 1.54) is 28.2 Å². The largest absolute Gasteiger partial charge is 0.493 e. The molecule has 0 heterocycles. The first kappa shape index (κ1) is 19.8. The number of methoxy groups -OCH3 is 2. The van der Waals surface area contributed by atoms with Gasteiger partial charge in [0, 0.05) is 11.5 Å². The minimum absolute atomic E-state index is 0.0848. The average molecular weight is 403 g/mol. The summed E-state index contributed by atoms with van der Waals surface area (Å²) >= 11 is 3.34. The van der Waals surface area contributed by atoms with Crippen LogP contribution >= 0.6 is 15.9 Å². The molecule has 0 radical (unpaired) electrons. The molecule has 132 valence electrons. The normalized spacial score (nSPS) is 11.2. The van der Waals surface area contributed by atoms with Gasteiger partial charge in [0.1, 0.15) is 0 Å². The van der Waals surface area contributed by atoms with E-state index in [9.17, 15) is 14.4 Å². The molecule has 1 atom stereocenters. The molecule has 0 saturated heterocycles. The van der Waals surface area contributed by atoms with E-state index < -0.39 is 24.0 Å². The Morgan fingerprint density at radius 1 is 1.17 bits per heavy atom. The fraction of sp³-hybridized carbons (Fsp3) is 0.400. The number of carbonyl (C=O) groups is 3. The number of esters is 1. The number of hydrogen-bond donors (Lipinski definition) is 2. The number of urea groups is 1. The molecule has 0 aliphatic heterocycles. The van der Waals surface area contributed by atoms with Gasteiger partial charge in [-0.2, -0.15) is 0 Å². The lowest BCUT2D eigenvalue weighted by Crippen LogP contribution is -2.43. The molecule has 24 heavy (non-hydrogen) atoms. The third kappa shape index (κ3) is 5.41. The Morgan fingerprint density at radius 2 is 1.75 bits per heavy atom. The number of ether oxygens (including phenoxy) is 3. The molecule has 0 bridgehead atoms. The van der Waals surface area contributed by atoms with Crippen molar-refractivity contribution < 1.29 is 28.6 Å². The van der Waals surface area contributed by atoms with Gasteiger partial charge in [-0.3, -0.25) is 14.9 Å². The van der Waals surface area contributed by atoms with Gasteiger partial charge < -0.3 is 19.5 Å². The van der Waals surface area contributed by atoms with Crippen LogP contribution in [0.2, 0.25) is 0 Å². The lowest BCUT2D eigenvalue weighted by molar-refractivity contribution is -0.153. The van der Waals surface area contributed by atoms with Gasteiger partial charge in [0.15, 0.2) is 17.6 Å². The molecular weight excluding hydrogens is 384 g/mol. The van der Waals surface area contributed by atoms with Crippen LogP contribution in [0.25, 0.3) is 0 Å². The van der Waals surface area contributed by atoms with Gasteiger partial charge in [-0.1, -0.05) is 15.9 Å². The number of halogens is 1. The number of hydrogen-bond acceptors (Lipinski definition) is 6. The summed E-state index contributed by atoms with van der Waals surface area (Å²) in [6.07, 6.45) is -1.19. The number of nitrogens with one attached hydrogen (secondary N) is 2. The van der Waals surface area contributed by atoms with Crippen molar-refractivity contribution in [1.29, 1.82) is 0 Å². The minimum Gasteiger partial charge on any atom is -0.493 e. The Kier molecular flexibility index (Phi) is 7.50. The summed E-state index contributed by atoms with van der Waals surface area (Å²) < 4.78 is 16.0. The van der Waals surface area contributed by atoms with Crippen LogP contribution in [-0.2, 0) is 20.7 Å². The molecule has 0 fully saturated rings. The minimum atomic E-state index is -1.10. The average Bonchev–Trinajstić information content (AvgIpc) is 2.55. The standard InChI is InChI=1S/C15H19BrN2O6/c1-8(14(20)18-15(21)17-2)24-13(19)6-9-5-11(22-3)12(23-4)7-10(9)16/h5,7-8H,6H2,1-4H3,(H2,17,18,20,21)/t8-/m0/s1. The van der Waals surface area contributed by atoms with Crippen molar-refractivity contribution in [2.75, 3.05) is 21.3 Å². The van der Waals surface area contributed by atoms with Crippen LogP contribution in [0.15, 0.2) is 16.6 Å². The summed E-state index contributed by atoms with van der Waals surface area (Å²) in [4.78, 5) is 34.7. The Labute approximate surface area is 148 Å². The van der Waals surface area contributed by atoms with Gasteiger partial charge >= 0.3 is 12.0 Å². The fourth-order valence-corrected chi connectivity index (χ4v) is 2.22. The molecule has 0 spiro atoms. The fourth-order valence-electron chi connectivity index (χ4n) is 1.76. The second kappa shape index (κ2) is 9.11. The number of imide groups is 1. The molecular formula is C15H19BrN2O6. The van der Waals surface area contributed by atoms with Crippen molar-refractivity contribution in [3.8, 4) is 11.5 Å². The summed E-state index contributed by atoms with van der Waals surface area (Å²) in [7, 11) is 4.36. The third-order valence-electron chi connectivity index (χ3n) is 3.03. The van der Waals surface area contributed by atoms with Gasteiger partial charge in [-0.15, -0.1) is 0 Å². The molecule has 9 heteroatoms. The summed E-state index contributed by atoms with van der Waals surface area (Å²) in [5, 5.41) is 4.26. The van der Waals surface area contributed by atoms with E-state index in [1.54, 1.807) is 12.1 Å². The van der Waals surface area contributed by atoms with Crippen LogP contribution in [-0.4, -0.2) is 45.3 Å². The van der Waals surface area contributed by atoms with Gasteiger partial charge in [0.2, 0.25) is 0 Å². The Balaban J connectivity index is 2.74. The predicted molar refractivity (Wildman–Crippen MR) is 89.1 cm³/mol. The quantitative estimate of drug-likeness (QED) is 0.697. The predicted octanol–water partition coefficient (Wildman–Crippen LogP) is 1.40. The molecule has 1 aromatic carbocycles. The highest BCUT2D eigenvalue weighted by molar-refractivity contribution is 9.10. The molecule has 2 N–H and O–H groups in total. The van der Waals surface area contributed by atoms with Crippen LogP contribution in [0.1, 0.15) is 12.5 Å². The highest BCUT2D eigenvalue weighted by atomic mass is 79.9. The van der Waals surface area contributed by atoms with E-state index >= 15 is 0 Å². The van der Waals surface area contributed by atoms with Gasteiger partial charge in [0.25, 0.3) is 5.91 Å². The molecule has 8 nitrogen and oxygen atoms in total. The van der Waals surface area contributed by atoms with Crippen molar-refractivity contribution in [3.63, 3.8) is 0 Å². The van der Waals surface area contributed by atoms with Crippen molar-refractivity contribution in [3.05, 3.63) is 22.2 Å². The first-order valence-corrected chi connectivity index (χ1v) is 7.74. The zero-order chi connectivity index (χ0) is 18.3. The number of carbonyl (C=O) groups excluding carboxylic acids is 3. The zero-order valence-electron chi connectivity index (χ0n) is 13.8. The highest BCUT2D eigenvalue weighted by Gasteiger charge is 2.21. The highest BCUT2D eigenvalue weighted by Crippen LogP contribution is 2.33. The third-order valence-corrected chi connectivity index (χ3v) is 3.77. The summed E-state index contributed by atoms with van der Waals surface area (Å²) in [5.41, 5.74) is 0.608. The summed E-state index contributed by atoms with van der Waals surface area (Å²) in [6.45, 7) is 1.37. The van der Waals surface area contributed by atoms with Crippen LogP contribution < -0.4 is 20.1 Å². The van der Waals surface area contributed by atoms with E-state index in [0.29, 0.717) is 21.5 Å². The van der Waals surface area contributed by atoms with E-state index in [0.717, 1.165) is 0 Å². The van der Waals surface area contributed by atoms with Crippen LogP contribution in [0.5, 0.6) is 11.5 Å². The van der Waals surface area contributed by atoms with E-state index in [2.05, 4.69) is 21.2 Å². The van der Waals surface area contributed by atoms with Crippen LogP contribution in [0.3, 0.4) is 0 Å². The molecule has 1 aromatic rings. The second-order valence-corrected chi connectivity index (χ2v) is 5.53. The van der Waals surface area contributed by atoms with Crippen LogP contribution in [0.4, 0.5) is 4.79 Å². The Hall–Kier alpha value is -2.29. The molecule has 0 unspecified atom stereocenters. The SMILES string of the molecule is CNC(=O)NC(=O)[C@H](C)OC(=O)Cc1cc(OC)c(OC)cc1Br. The van der Waals surface area contributed by atoms with E-state index in [4.69, 9.17) is 14.2 Å². The van der Waals surface area contributed by atoms with Crippen molar-refractivity contribution >= 4 is 33.8 Å². The number of amides is 3. The molecule has 0 aliphatic carbocycles. The first-order chi connectivity index (χ1) is 11.3. The smallest absolute Gasteiger partial charge is 0.321 e. The maximum absolute atomic E-state index is 12.0. The maximum Gasteiger partial charge on any atom is 0.321 e. The summed E-state index contributed by atoms with van der Waals surface area (Å²) in [6, 6.07) is 2.63. The lowest BCUT2D eigenvalue weighted by Gasteiger charge is -2.14. The topological polar surface area (TPSA) is 103 Å². The molecule has 1 rings (SSSR count).